The highest BCUT2D eigenvalue weighted by Crippen LogP contribution is 2.43. The molecule has 10 heteroatoms. The summed E-state index contributed by atoms with van der Waals surface area (Å²) in [5, 5.41) is 11.6. The molecular weight excluding hydrogens is 502 g/mol. The minimum Gasteiger partial charge on any atom is -0.503 e. The first kappa shape index (κ1) is 23.6. The lowest BCUT2D eigenvalue weighted by atomic mass is 9.94. The van der Waals surface area contributed by atoms with E-state index in [1.807, 2.05) is 0 Å². The summed E-state index contributed by atoms with van der Waals surface area (Å²) < 4.78 is 59.3. The number of hydrogen-bond acceptors (Lipinski definition) is 4. The topological polar surface area (TPSA) is 70.8 Å². The number of Topliss-reactive ketones (excluding diaryl/α,β-unsaturated/α-hetero) is 1. The molecule has 4 aromatic rings. The van der Waals surface area contributed by atoms with Crippen LogP contribution in [0, 0.1) is 5.82 Å². The summed E-state index contributed by atoms with van der Waals surface area (Å²) in [6.07, 6.45) is -4.70. The van der Waals surface area contributed by atoms with Crippen molar-refractivity contribution in [3.05, 3.63) is 112 Å². The van der Waals surface area contributed by atoms with Crippen molar-refractivity contribution >= 4 is 39.9 Å². The van der Waals surface area contributed by atoms with Gasteiger partial charge in [0.05, 0.1) is 17.2 Å². The molecule has 182 valence electrons. The maximum Gasteiger partial charge on any atom is 0.416 e. The van der Waals surface area contributed by atoms with Gasteiger partial charge in [0, 0.05) is 16.1 Å². The summed E-state index contributed by atoms with van der Waals surface area (Å²) in [6.45, 7) is 0. The minimum atomic E-state index is -4.70. The Morgan fingerprint density at radius 1 is 1.00 bits per heavy atom. The number of nitrogens with zero attached hydrogens (tertiary/aromatic N) is 1. The number of halogens is 5. The highest BCUT2D eigenvalue weighted by Gasteiger charge is 2.46. The molecule has 3 aromatic carbocycles. The maximum absolute atomic E-state index is 13.6. The molecule has 0 fully saturated rings. The standard InChI is InChI=1S/C26H14ClF4NO4/c27-16-6-9-19-14(10-16)11-20(36-19)23(33)21-22(13-4-7-17(28)8-5-13)32(25(35)24(21)34)18-3-1-2-15(12-18)26(29,30)31/h1-12,22,34H. The third-order valence-corrected chi connectivity index (χ3v) is 6.03. The van der Waals surface area contributed by atoms with Gasteiger partial charge in [0.15, 0.2) is 11.5 Å². The van der Waals surface area contributed by atoms with Gasteiger partial charge in [0.1, 0.15) is 11.4 Å². The number of anilines is 1. The van der Waals surface area contributed by atoms with Crippen LogP contribution in [0.5, 0.6) is 0 Å². The lowest BCUT2D eigenvalue weighted by Gasteiger charge is -2.27. The van der Waals surface area contributed by atoms with Crippen LogP contribution in [-0.2, 0) is 11.0 Å². The van der Waals surface area contributed by atoms with Crippen LogP contribution in [0.1, 0.15) is 27.7 Å². The zero-order chi connectivity index (χ0) is 25.8. The normalized spacial score (nSPS) is 16.3. The number of carbonyl (C=O) groups excluding carboxylic acids is 2. The lowest BCUT2D eigenvalue weighted by molar-refractivity contribution is -0.137. The van der Waals surface area contributed by atoms with Crippen LogP contribution in [-0.4, -0.2) is 16.8 Å². The van der Waals surface area contributed by atoms with Gasteiger partial charge in [0.25, 0.3) is 5.91 Å². The van der Waals surface area contributed by atoms with Crippen molar-refractivity contribution in [1.29, 1.82) is 0 Å². The smallest absolute Gasteiger partial charge is 0.416 e. The lowest BCUT2D eigenvalue weighted by Crippen LogP contribution is -2.31. The Morgan fingerprint density at radius 3 is 2.42 bits per heavy atom. The molecule has 5 nitrogen and oxygen atoms in total. The Bertz CT molecular complexity index is 1560. The molecule has 2 heterocycles. The van der Waals surface area contributed by atoms with E-state index in [9.17, 15) is 32.3 Å². The fourth-order valence-corrected chi connectivity index (χ4v) is 4.34. The van der Waals surface area contributed by atoms with Gasteiger partial charge < -0.3 is 9.52 Å². The number of alkyl halides is 3. The third kappa shape index (κ3) is 4.01. The molecule has 0 radical (unpaired) electrons. The van der Waals surface area contributed by atoms with E-state index < -0.39 is 46.6 Å². The van der Waals surface area contributed by atoms with Crippen LogP contribution in [0.4, 0.5) is 23.2 Å². The molecule has 0 aliphatic carbocycles. The van der Waals surface area contributed by atoms with Crippen molar-refractivity contribution in [2.75, 3.05) is 4.90 Å². The number of ketones is 1. The molecule has 0 spiro atoms. The first-order valence-corrected chi connectivity index (χ1v) is 10.9. The first-order chi connectivity index (χ1) is 17.0. The Kier molecular flexibility index (Phi) is 5.60. The largest absolute Gasteiger partial charge is 0.503 e. The predicted molar refractivity (Wildman–Crippen MR) is 123 cm³/mol. The number of carbonyl (C=O) groups is 2. The molecule has 0 bridgehead atoms. The van der Waals surface area contributed by atoms with E-state index in [1.165, 1.54) is 30.3 Å². The Morgan fingerprint density at radius 2 is 1.72 bits per heavy atom. The zero-order valence-corrected chi connectivity index (χ0v) is 18.8. The van der Waals surface area contributed by atoms with Gasteiger partial charge in [-0.25, -0.2) is 4.39 Å². The van der Waals surface area contributed by atoms with Gasteiger partial charge in [-0.1, -0.05) is 29.8 Å². The second-order valence-corrected chi connectivity index (χ2v) is 8.50. The van der Waals surface area contributed by atoms with Crippen molar-refractivity contribution in [2.24, 2.45) is 0 Å². The molecule has 1 aliphatic heterocycles. The van der Waals surface area contributed by atoms with Gasteiger partial charge in [-0.2, -0.15) is 13.2 Å². The number of amides is 1. The number of benzene rings is 3. The monoisotopic (exact) mass is 515 g/mol. The van der Waals surface area contributed by atoms with E-state index in [1.54, 1.807) is 12.1 Å². The minimum absolute atomic E-state index is 0.189. The second kappa shape index (κ2) is 8.53. The number of furan rings is 1. The van der Waals surface area contributed by atoms with Crippen LogP contribution in [0.2, 0.25) is 5.02 Å². The van der Waals surface area contributed by atoms with E-state index in [0.717, 1.165) is 35.2 Å². The van der Waals surface area contributed by atoms with Crippen molar-refractivity contribution in [3.63, 3.8) is 0 Å². The fourth-order valence-electron chi connectivity index (χ4n) is 4.15. The van der Waals surface area contributed by atoms with E-state index in [-0.39, 0.29) is 17.0 Å². The van der Waals surface area contributed by atoms with Gasteiger partial charge >= 0.3 is 6.18 Å². The number of aliphatic hydroxyl groups excluding tert-OH is 1. The summed E-state index contributed by atoms with van der Waals surface area (Å²) in [5.41, 5.74) is -1.16. The molecule has 36 heavy (non-hydrogen) atoms. The SMILES string of the molecule is O=C(C1=C(O)C(=O)N(c2cccc(C(F)(F)F)c2)C1c1ccc(F)cc1)c1cc2cc(Cl)ccc2o1. The summed E-state index contributed by atoms with van der Waals surface area (Å²) >= 11 is 5.99. The predicted octanol–water partition coefficient (Wildman–Crippen LogP) is 7.03. The van der Waals surface area contributed by atoms with Crippen LogP contribution < -0.4 is 4.90 Å². The van der Waals surface area contributed by atoms with Crippen LogP contribution in [0.15, 0.2) is 88.5 Å². The van der Waals surface area contributed by atoms with Crippen LogP contribution in [0.25, 0.3) is 11.0 Å². The molecule has 1 N–H and O–H groups in total. The molecule has 1 unspecified atom stereocenters. The molecular formula is C26H14ClF4NO4. The van der Waals surface area contributed by atoms with Gasteiger partial charge in [-0.3, -0.25) is 14.5 Å². The van der Waals surface area contributed by atoms with Crippen molar-refractivity contribution in [1.82, 2.24) is 0 Å². The summed E-state index contributed by atoms with van der Waals surface area (Å²) in [6, 6.07) is 13.3. The van der Waals surface area contributed by atoms with Crippen molar-refractivity contribution in [2.45, 2.75) is 12.2 Å². The zero-order valence-electron chi connectivity index (χ0n) is 18.0. The Balaban J connectivity index is 1.66. The van der Waals surface area contributed by atoms with Gasteiger partial charge in [-0.15, -0.1) is 0 Å². The maximum atomic E-state index is 13.6. The Labute approximate surface area is 205 Å². The highest BCUT2D eigenvalue weighted by atomic mass is 35.5. The molecule has 1 amide bonds. The Hall–Kier alpha value is -4.11. The number of hydrogen-bond donors (Lipinski definition) is 1. The molecule has 1 aromatic heterocycles. The van der Waals surface area contributed by atoms with E-state index in [4.69, 9.17) is 16.0 Å². The van der Waals surface area contributed by atoms with Gasteiger partial charge in [0.2, 0.25) is 5.78 Å². The third-order valence-electron chi connectivity index (χ3n) is 5.79. The van der Waals surface area contributed by atoms with E-state index in [0.29, 0.717) is 16.0 Å². The molecule has 1 atom stereocenters. The summed E-state index contributed by atoms with van der Waals surface area (Å²) in [5.74, 6) is -3.74. The van der Waals surface area contributed by atoms with E-state index in [2.05, 4.69) is 0 Å². The quantitative estimate of drug-likeness (QED) is 0.234. The van der Waals surface area contributed by atoms with E-state index >= 15 is 0 Å². The molecule has 1 aliphatic rings. The highest BCUT2D eigenvalue weighted by molar-refractivity contribution is 6.31. The van der Waals surface area contributed by atoms with Crippen molar-refractivity contribution < 1.29 is 36.7 Å². The average Bonchev–Trinajstić information content (AvgIpc) is 3.37. The number of aliphatic hydroxyl groups is 1. The number of fused-ring (bicyclic) bond motifs is 1. The van der Waals surface area contributed by atoms with Gasteiger partial charge in [-0.05, 0) is 60.2 Å². The first-order valence-electron chi connectivity index (χ1n) is 10.5. The van der Waals surface area contributed by atoms with Crippen LogP contribution >= 0.6 is 11.6 Å². The fraction of sp³-hybridized carbons (Fsp3) is 0.0769. The summed E-state index contributed by atoms with van der Waals surface area (Å²) in [4.78, 5) is 27.5. The number of rotatable bonds is 4. The molecule has 5 rings (SSSR count). The second-order valence-electron chi connectivity index (χ2n) is 8.06. The van der Waals surface area contributed by atoms with Crippen LogP contribution in [0.3, 0.4) is 0 Å². The molecule has 0 saturated carbocycles. The summed E-state index contributed by atoms with van der Waals surface area (Å²) in [7, 11) is 0. The average molecular weight is 516 g/mol. The van der Waals surface area contributed by atoms with Crippen molar-refractivity contribution in [3.8, 4) is 0 Å². The molecule has 0 saturated heterocycles.